The van der Waals surface area contributed by atoms with E-state index in [0.717, 1.165) is 16.5 Å². The zero-order valence-corrected chi connectivity index (χ0v) is 9.66. The highest BCUT2D eigenvalue weighted by Crippen LogP contribution is 2.25. The number of hydrogen-bond acceptors (Lipinski definition) is 2. The Morgan fingerprint density at radius 3 is 2.53 bits per heavy atom. The average molecular weight is 224 g/mol. The van der Waals surface area contributed by atoms with Gasteiger partial charge in [0.2, 0.25) is 0 Å². The molecule has 2 nitrogen and oxygen atoms in total. The van der Waals surface area contributed by atoms with E-state index < -0.39 is 0 Å². The van der Waals surface area contributed by atoms with E-state index in [0.29, 0.717) is 12.5 Å². The lowest BCUT2D eigenvalue weighted by atomic mass is 10.1. The fourth-order valence-electron chi connectivity index (χ4n) is 1.56. The number of rotatable bonds is 2. The molecule has 3 heteroatoms. The summed E-state index contributed by atoms with van der Waals surface area (Å²) in [7, 11) is 0. The van der Waals surface area contributed by atoms with Gasteiger partial charge in [0.05, 0.1) is 0 Å². The summed E-state index contributed by atoms with van der Waals surface area (Å²) in [5.74, 6) is 1.22. The molecule has 80 valence electrons. The van der Waals surface area contributed by atoms with Crippen molar-refractivity contribution in [1.29, 1.82) is 0 Å². The molecule has 0 unspecified atom stereocenters. The molecule has 1 aliphatic heterocycles. The first-order chi connectivity index (χ1) is 7.16. The van der Waals surface area contributed by atoms with Crippen LogP contribution in [0.25, 0.3) is 0 Å². The third kappa shape index (κ3) is 2.32. The SMILES string of the molecule is CC(C)C1=N[C@@H](c2ccc(Cl)cc2)CO1. The Hall–Kier alpha value is -1.02. The highest BCUT2D eigenvalue weighted by molar-refractivity contribution is 6.30. The van der Waals surface area contributed by atoms with E-state index >= 15 is 0 Å². The van der Waals surface area contributed by atoms with Crippen LogP contribution in [0.3, 0.4) is 0 Å². The van der Waals surface area contributed by atoms with E-state index in [2.05, 4.69) is 18.8 Å². The Morgan fingerprint density at radius 1 is 1.33 bits per heavy atom. The Morgan fingerprint density at radius 2 is 2.00 bits per heavy atom. The quantitative estimate of drug-likeness (QED) is 0.753. The van der Waals surface area contributed by atoms with E-state index in [1.807, 2.05) is 24.3 Å². The van der Waals surface area contributed by atoms with Crippen LogP contribution in [-0.2, 0) is 4.74 Å². The highest BCUT2D eigenvalue weighted by Gasteiger charge is 2.21. The third-order valence-corrected chi connectivity index (χ3v) is 2.67. The highest BCUT2D eigenvalue weighted by atomic mass is 35.5. The van der Waals surface area contributed by atoms with Crippen LogP contribution >= 0.6 is 11.6 Å². The Bertz CT molecular complexity index is 370. The van der Waals surface area contributed by atoms with Crippen molar-refractivity contribution in [3.05, 3.63) is 34.9 Å². The van der Waals surface area contributed by atoms with Crippen LogP contribution in [-0.4, -0.2) is 12.5 Å². The van der Waals surface area contributed by atoms with Crippen molar-refractivity contribution in [2.45, 2.75) is 19.9 Å². The van der Waals surface area contributed by atoms with Crippen molar-refractivity contribution < 1.29 is 4.74 Å². The minimum Gasteiger partial charge on any atom is -0.478 e. The summed E-state index contributed by atoms with van der Waals surface area (Å²) in [4.78, 5) is 4.54. The minimum atomic E-state index is 0.139. The van der Waals surface area contributed by atoms with Crippen molar-refractivity contribution in [3.8, 4) is 0 Å². The number of benzene rings is 1. The summed E-state index contributed by atoms with van der Waals surface area (Å²) < 4.78 is 5.53. The number of hydrogen-bond donors (Lipinski definition) is 0. The molecule has 0 radical (unpaired) electrons. The second kappa shape index (κ2) is 4.23. The molecule has 0 aromatic heterocycles. The molecule has 15 heavy (non-hydrogen) atoms. The number of nitrogens with zero attached hydrogens (tertiary/aromatic N) is 1. The number of halogens is 1. The smallest absolute Gasteiger partial charge is 0.186 e. The lowest BCUT2D eigenvalue weighted by molar-refractivity contribution is 0.303. The van der Waals surface area contributed by atoms with Crippen molar-refractivity contribution in [2.75, 3.05) is 6.61 Å². The van der Waals surface area contributed by atoms with Gasteiger partial charge in [-0.15, -0.1) is 0 Å². The number of aliphatic imine (C=N–C) groups is 1. The summed E-state index contributed by atoms with van der Waals surface area (Å²) in [5.41, 5.74) is 1.16. The Labute approximate surface area is 94.9 Å². The van der Waals surface area contributed by atoms with E-state index in [4.69, 9.17) is 16.3 Å². The largest absolute Gasteiger partial charge is 0.478 e. The maximum Gasteiger partial charge on any atom is 0.186 e. The Kier molecular flexibility index (Phi) is 2.96. The van der Waals surface area contributed by atoms with Crippen molar-refractivity contribution in [3.63, 3.8) is 0 Å². The first-order valence-corrected chi connectivity index (χ1v) is 5.50. The van der Waals surface area contributed by atoms with Gasteiger partial charge in [-0.25, -0.2) is 4.99 Å². The van der Waals surface area contributed by atoms with Crippen LogP contribution in [0.2, 0.25) is 5.02 Å². The molecule has 0 N–H and O–H groups in total. The van der Waals surface area contributed by atoms with Gasteiger partial charge in [0.25, 0.3) is 0 Å². The third-order valence-electron chi connectivity index (χ3n) is 2.42. The molecule has 0 aliphatic carbocycles. The topological polar surface area (TPSA) is 21.6 Å². The van der Waals surface area contributed by atoms with Gasteiger partial charge < -0.3 is 4.74 Å². The van der Waals surface area contributed by atoms with E-state index in [1.54, 1.807) is 0 Å². The second-order valence-corrected chi connectivity index (χ2v) is 4.44. The van der Waals surface area contributed by atoms with Gasteiger partial charge in [-0.05, 0) is 17.7 Å². The van der Waals surface area contributed by atoms with Gasteiger partial charge >= 0.3 is 0 Å². The fraction of sp³-hybridized carbons (Fsp3) is 0.417. The first kappa shape index (κ1) is 10.5. The van der Waals surface area contributed by atoms with Gasteiger partial charge in [-0.2, -0.15) is 0 Å². The molecule has 0 amide bonds. The monoisotopic (exact) mass is 223 g/mol. The number of ether oxygens (including phenoxy) is 1. The van der Waals surface area contributed by atoms with Crippen LogP contribution in [0, 0.1) is 5.92 Å². The molecule has 1 aromatic carbocycles. The molecule has 0 saturated carbocycles. The molecule has 1 aliphatic rings. The normalized spacial score (nSPS) is 20.3. The molecule has 0 bridgehead atoms. The fourth-order valence-corrected chi connectivity index (χ4v) is 1.69. The van der Waals surface area contributed by atoms with E-state index in [1.165, 1.54) is 0 Å². The predicted octanol–water partition coefficient (Wildman–Crippen LogP) is 3.47. The van der Waals surface area contributed by atoms with Crippen molar-refractivity contribution in [1.82, 2.24) is 0 Å². The molecular weight excluding hydrogens is 210 g/mol. The lowest BCUT2D eigenvalue weighted by Crippen LogP contribution is -2.06. The first-order valence-electron chi connectivity index (χ1n) is 5.13. The summed E-state index contributed by atoms with van der Waals surface area (Å²) >= 11 is 5.83. The second-order valence-electron chi connectivity index (χ2n) is 4.00. The minimum absolute atomic E-state index is 0.139. The van der Waals surface area contributed by atoms with Crippen LogP contribution in [0.15, 0.2) is 29.3 Å². The molecule has 2 rings (SSSR count). The molecule has 1 aromatic rings. The van der Waals surface area contributed by atoms with Crippen molar-refractivity contribution >= 4 is 17.5 Å². The van der Waals surface area contributed by atoms with Gasteiger partial charge in [0, 0.05) is 10.9 Å². The van der Waals surface area contributed by atoms with Gasteiger partial charge in [0.15, 0.2) is 5.90 Å². The summed E-state index contributed by atoms with van der Waals surface area (Å²) in [6.07, 6.45) is 0. The van der Waals surface area contributed by atoms with Gasteiger partial charge in [-0.3, -0.25) is 0 Å². The van der Waals surface area contributed by atoms with Gasteiger partial charge in [0.1, 0.15) is 12.6 Å². The van der Waals surface area contributed by atoms with Crippen LogP contribution in [0.1, 0.15) is 25.5 Å². The van der Waals surface area contributed by atoms with Crippen LogP contribution in [0.5, 0.6) is 0 Å². The van der Waals surface area contributed by atoms with Crippen molar-refractivity contribution in [2.24, 2.45) is 10.9 Å². The standard InChI is InChI=1S/C12H14ClNO/c1-8(2)12-14-11(7-15-12)9-3-5-10(13)6-4-9/h3-6,8,11H,7H2,1-2H3/t11-/m1/s1. The summed E-state index contributed by atoms with van der Waals surface area (Å²) in [6, 6.07) is 7.92. The van der Waals surface area contributed by atoms with Crippen LogP contribution < -0.4 is 0 Å². The summed E-state index contributed by atoms with van der Waals surface area (Å²) in [6.45, 7) is 4.82. The Balaban J connectivity index is 2.17. The average Bonchev–Trinajstić information content (AvgIpc) is 2.68. The molecular formula is C12H14ClNO. The van der Waals surface area contributed by atoms with E-state index in [9.17, 15) is 0 Å². The molecule has 1 atom stereocenters. The maximum absolute atomic E-state index is 5.83. The zero-order chi connectivity index (χ0) is 10.8. The predicted molar refractivity (Wildman–Crippen MR) is 62.4 cm³/mol. The maximum atomic E-state index is 5.83. The van der Waals surface area contributed by atoms with E-state index in [-0.39, 0.29) is 6.04 Å². The summed E-state index contributed by atoms with van der Waals surface area (Å²) in [5, 5.41) is 0.755. The molecule has 0 saturated heterocycles. The molecule has 1 heterocycles. The van der Waals surface area contributed by atoms with Crippen LogP contribution in [0.4, 0.5) is 0 Å². The lowest BCUT2D eigenvalue weighted by Gasteiger charge is -2.04. The molecule has 0 spiro atoms. The zero-order valence-electron chi connectivity index (χ0n) is 8.90. The van der Waals surface area contributed by atoms with Gasteiger partial charge in [-0.1, -0.05) is 37.6 Å². The molecule has 0 fully saturated rings.